The Morgan fingerprint density at radius 3 is 3.00 bits per heavy atom. The maximum Gasteiger partial charge on any atom is 0.141 e. The van der Waals surface area contributed by atoms with Gasteiger partial charge in [0.25, 0.3) is 0 Å². The third kappa shape index (κ3) is 2.89. The summed E-state index contributed by atoms with van der Waals surface area (Å²) in [5.74, 6) is -0.295. The fourth-order valence-corrected chi connectivity index (χ4v) is 3.67. The Labute approximate surface area is 126 Å². The average molecular weight is 288 g/mol. The molecule has 1 aromatic rings. The molecule has 3 rings (SSSR count). The van der Waals surface area contributed by atoms with Gasteiger partial charge in [-0.25, -0.2) is 0 Å². The van der Waals surface area contributed by atoms with Crippen LogP contribution in [0.25, 0.3) is 0 Å². The molecule has 3 heteroatoms. The molecular formula is C18H24FNO. The smallest absolute Gasteiger partial charge is 0.141 e. The lowest BCUT2D eigenvalue weighted by molar-refractivity contribution is -0.129. The van der Waals surface area contributed by atoms with Gasteiger partial charge >= 0.3 is 0 Å². The van der Waals surface area contributed by atoms with E-state index in [-0.39, 0.29) is 11.8 Å². The van der Waals surface area contributed by atoms with E-state index in [1.807, 2.05) is 0 Å². The van der Waals surface area contributed by atoms with Gasteiger partial charge in [0, 0.05) is 25.6 Å². The van der Waals surface area contributed by atoms with Crippen molar-refractivity contribution in [3.8, 4) is 0 Å². The third-order valence-corrected chi connectivity index (χ3v) is 4.99. The lowest BCUT2D eigenvalue weighted by Gasteiger charge is -2.42. The Morgan fingerprint density at radius 1 is 1.38 bits per heavy atom. The number of carbonyl (C=O) groups is 1. The van der Waals surface area contributed by atoms with Crippen LogP contribution in [0, 0.1) is 5.92 Å². The van der Waals surface area contributed by atoms with Gasteiger partial charge in [-0.1, -0.05) is 31.5 Å². The molecule has 2 heterocycles. The summed E-state index contributed by atoms with van der Waals surface area (Å²) in [5, 5.41) is 0. The van der Waals surface area contributed by atoms with Crippen LogP contribution in [-0.4, -0.2) is 30.4 Å². The summed E-state index contributed by atoms with van der Waals surface area (Å²) < 4.78 is 12.9. The number of piperidine rings is 1. The number of unbranched alkanes of at least 4 members (excludes halogenated alkanes) is 1. The van der Waals surface area contributed by atoms with Crippen molar-refractivity contribution in [3.63, 3.8) is 0 Å². The van der Waals surface area contributed by atoms with Gasteiger partial charge in [0.05, 0.1) is 5.92 Å². The number of aryl methyl sites for hydroxylation is 1. The van der Waals surface area contributed by atoms with Crippen molar-refractivity contribution in [2.45, 2.75) is 45.1 Å². The second-order valence-electron chi connectivity index (χ2n) is 6.42. The van der Waals surface area contributed by atoms with E-state index in [0.717, 1.165) is 19.4 Å². The molecule has 114 valence electrons. The minimum absolute atomic E-state index is 0.102. The van der Waals surface area contributed by atoms with Gasteiger partial charge in [-0.05, 0) is 36.0 Å². The second kappa shape index (κ2) is 6.27. The van der Waals surface area contributed by atoms with E-state index in [1.165, 1.54) is 29.5 Å². The van der Waals surface area contributed by atoms with Crippen molar-refractivity contribution in [3.05, 3.63) is 34.9 Å². The SMILES string of the molecule is CCCCc1ccc2c(c1)[C@H]1CC(=O)[C@H](C[18F])CN1CC2. The number of rotatable bonds is 4. The van der Waals surface area contributed by atoms with Gasteiger partial charge in [-0.3, -0.25) is 14.1 Å². The number of Topliss-reactive ketones (excluding diaryl/α,β-unsaturated/α-hetero) is 1. The largest absolute Gasteiger partial charge is 0.299 e. The van der Waals surface area contributed by atoms with E-state index >= 15 is 0 Å². The number of halogens is 1. The van der Waals surface area contributed by atoms with Crippen LogP contribution in [-0.2, 0) is 17.6 Å². The first-order chi connectivity index (χ1) is 10.2. The van der Waals surface area contributed by atoms with E-state index in [2.05, 4.69) is 30.0 Å². The van der Waals surface area contributed by atoms with Crippen molar-refractivity contribution >= 4 is 5.78 Å². The highest BCUT2D eigenvalue weighted by Gasteiger charge is 2.37. The molecule has 0 bridgehead atoms. The van der Waals surface area contributed by atoms with Gasteiger partial charge in [0.1, 0.15) is 12.5 Å². The summed E-state index contributed by atoms with van der Waals surface area (Å²) in [6.45, 7) is 3.25. The highest BCUT2D eigenvalue weighted by molar-refractivity contribution is 5.83. The monoisotopic (exact) mass is 288 g/mol. The quantitative estimate of drug-likeness (QED) is 0.845. The van der Waals surface area contributed by atoms with Crippen molar-refractivity contribution in [2.75, 3.05) is 19.8 Å². The topological polar surface area (TPSA) is 20.3 Å². The van der Waals surface area contributed by atoms with Crippen LogP contribution in [0.15, 0.2) is 18.2 Å². The van der Waals surface area contributed by atoms with E-state index in [0.29, 0.717) is 13.0 Å². The lowest BCUT2D eigenvalue weighted by atomic mass is 9.82. The molecule has 2 atom stereocenters. The van der Waals surface area contributed by atoms with Crippen molar-refractivity contribution in [2.24, 2.45) is 5.92 Å². The number of benzene rings is 1. The Hall–Kier alpha value is -1.22. The van der Waals surface area contributed by atoms with Crippen LogP contribution in [0.5, 0.6) is 0 Å². The molecular weight excluding hydrogens is 264 g/mol. The van der Waals surface area contributed by atoms with Crippen LogP contribution in [0.2, 0.25) is 0 Å². The van der Waals surface area contributed by atoms with E-state index in [1.54, 1.807) is 0 Å². The van der Waals surface area contributed by atoms with Crippen molar-refractivity contribution in [1.29, 1.82) is 0 Å². The number of hydrogen-bond donors (Lipinski definition) is 0. The fraction of sp³-hybridized carbons (Fsp3) is 0.611. The molecule has 0 N–H and O–H groups in total. The Balaban J connectivity index is 1.85. The summed E-state index contributed by atoms with van der Waals surface area (Å²) >= 11 is 0. The number of alkyl halides is 1. The predicted octanol–water partition coefficient (Wildman–Crippen LogP) is 3.49. The standard InChI is InChI=1S/C18H24FNO/c1-2-3-4-13-5-6-14-7-8-20-12-15(11-19)18(21)10-17(20)16(14)9-13/h5-6,9,15,17H,2-4,7-8,10-12H2,1H3/t15-,17-/m1/s1/i19-1. The van der Waals surface area contributed by atoms with E-state index in [4.69, 9.17) is 0 Å². The zero-order valence-corrected chi connectivity index (χ0v) is 12.8. The van der Waals surface area contributed by atoms with Crippen molar-refractivity contribution in [1.82, 2.24) is 4.90 Å². The summed E-state index contributed by atoms with van der Waals surface area (Å²) in [4.78, 5) is 14.4. The van der Waals surface area contributed by atoms with E-state index < -0.39 is 12.6 Å². The number of fused-ring (bicyclic) bond motifs is 3. The molecule has 1 aromatic carbocycles. The zero-order valence-electron chi connectivity index (χ0n) is 12.8. The first kappa shape index (κ1) is 14.7. The molecule has 0 radical (unpaired) electrons. The maximum absolute atomic E-state index is 12.9. The van der Waals surface area contributed by atoms with Gasteiger partial charge in [-0.2, -0.15) is 0 Å². The Morgan fingerprint density at radius 2 is 2.24 bits per heavy atom. The van der Waals surface area contributed by atoms with Crippen LogP contribution in [0.3, 0.4) is 0 Å². The predicted molar refractivity (Wildman–Crippen MR) is 82.2 cm³/mol. The molecule has 1 saturated heterocycles. The van der Waals surface area contributed by atoms with E-state index in [9.17, 15) is 9.18 Å². The molecule has 0 aliphatic carbocycles. The summed E-state index contributed by atoms with van der Waals surface area (Å²) in [7, 11) is 0. The molecule has 1 fully saturated rings. The highest BCUT2D eigenvalue weighted by atomic mass is 18.2. The molecule has 2 nitrogen and oxygen atoms in total. The number of nitrogens with zero attached hydrogens (tertiary/aromatic N) is 1. The molecule has 21 heavy (non-hydrogen) atoms. The summed E-state index contributed by atoms with van der Waals surface area (Å²) in [6.07, 6.45) is 5.02. The Kier molecular flexibility index (Phi) is 4.39. The number of ketones is 1. The van der Waals surface area contributed by atoms with Crippen molar-refractivity contribution < 1.29 is 9.18 Å². The lowest BCUT2D eigenvalue weighted by Crippen LogP contribution is -2.46. The van der Waals surface area contributed by atoms with Crippen LogP contribution < -0.4 is 0 Å². The van der Waals surface area contributed by atoms with Gasteiger partial charge in [0.15, 0.2) is 0 Å². The maximum atomic E-state index is 12.9. The summed E-state index contributed by atoms with van der Waals surface area (Å²) in [5.41, 5.74) is 4.07. The first-order valence-corrected chi connectivity index (χ1v) is 8.17. The van der Waals surface area contributed by atoms with Gasteiger partial charge < -0.3 is 0 Å². The third-order valence-electron chi connectivity index (χ3n) is 4.99. The molecule has 0 saturated carbocycles. The van der Waals surface area contributed by atoms with Crippen LogP contribution >= 0.6 is 0 Å². The summed E-state index contributed by atoms with van der Waals surface area (Å²) in [6, 6.07) is 6.96. The average Bonchev–Trinajstić information content (AvgIpc) is 2.52. The molecule has 2 aliphatic rings. The minimum Gasteiger partial charge on any atom is -0.299 e. The number of carbonyl (C=O) groups excluding carboxylic acids is 1. The number of hydrogen-bond acceptors (Lipinski definition) is 2. The zero-order chi connectivity index (χ0) is 14.8. The molecule has 0 spiro atoms. The first-order valence-electron chi connectivity index (χ1n) is 8.17. The molecule has 0 unspecified atom stereocenters. The fourth-order valence-electron chi connectivity index (χ4n) is 3.67. The minimum atomic E-state index is -0.508. The highest BCUT2D eigenvalue weighted by Crippen LogP contribution is 2.37. The molecule has 2 aliphatic heterocycles. The molecule has 0 aromatic heterocycles. The normalized spacial score (nSPS) is 25.5. The molecule has 0 amide bonds. The second-order valence-corrected chi connectivity index (χ2v) is 6.42. The van der Waals surface area contributed by atoms with Gasteiger partial charge in [0.2, 0.25) is 0 Å². The Bertz CT molecular complexity index is 528. The van der Waals surface area contributed by atoms with Gasteiger partial charge in [-0.15, -0.1) is 0 Å². The van der Waals surface area contributed by atoms with Crippen LogP contribution in [0.1, 0.15) is 48.9 Å². The van der Waals surface area contributed by atoms with Crippen LogP contribution in [0.4, 0.5) is 4.39 Å².